The van der Waals surface area contributed by atoms with Crippen LogP contribution in [0.3, 0.4) is 0 Å². The maximum absolute atomic E-state index is 13.6. The van der Waals surface area contributed by atoms with Crippen molar-refractivity contribution in [1.29, 1.82) is 0 Å². The fourth-order valence-corrected chi connectivity index (χ4v) is 11.6. The van der Waals surface area contributed by atoms with Crippen molar-refractivity contribution in [2.75, 3.05) is 0 Å². The molecule has 0 spiro atoms. The van der Waals surface area contributed by atoms with Crippen LogP contribution in [0.1, 0.15) is 91.9 Å². The molecule has 7 heteroatoms. The molecule has 0 amide bonds. The average molecular weight is 517 g/mol. The van der Waals surface area contributed by atoms with E-state index in [2.05, 4.69) is 20.4 Å². The minimum Gasteiger partial charge on any atom is -0.481 e. The number of carboxylic acids is 3. The van der Waals surface area contributed by atoms with Gasteiger partial charge in [-0.05, 0) is 118 Å². The Morgan fingerprint density at radius 3 is 2.00 bits per heavy atom. The summed E-state index contributed by atoms with van der Waals surface area (Å²) in [7, 11) is 0. The van der Waals surface area contributed by atoms with E-state index in [0.717, 1.165) is 18.4 Å². The minimum atomic E-state index is -1.26. The molecule has 206 valence electrons. The minimum absolute atomic E-state index is 0.000663. The Labute approximate surface area is 219 Å². The van der Waals surface area contributed by atoms with E-state index in [1.807, 2.05) is 6.92 Å². The highest BCUT2D eigenvalue weighted by Gasteiger charge is 2.76. The van der Waals surface area contributed by atoms with Crippen molar-refractivity contribution in [2.24, 2.45) is 56.7 Å². The summed E-state index contributed by atoms with van der Waals surface area (Å²) >= 11 is 0. The number of aliphatic hydroxyl groups excluding tert-OH is 1. The molecule has 0 bridgehead atoms. The van der Waals surface area contributed by atoms with Crippen LogP contribution in [-0.2, 0) is 14.4 Å². The van der Waals surface area contributed by atoms with Gasteiger partial charge in [0.2, 0.25) is 0 Å². The maximum atomic E-state index is 13.6. The molecule has 5 fully saturated rings. The summed E-state index contributed by atoms with van der Waals surface area (Å²) in [5.74, 6) is -3.30. The van der Waals surface area contributed by atoms with Crippen molar-refractivity contribution >= 4 is 17.9 Å². The molecule has 0 aromatic carbocycles. The van der Waals surface area contributed by atoms with Crippen LogP contribution < -0.4 is 0 Å². The van der Waals surface area contributed by atoms with Gasteiger partial charge in [-0.1, -0.05) is 26.0 Å². The first kappa shape index (κ1) is 26.7. The molecular weight excluding hydrogens is 472 g/mol. The van der Waals surface area contributed by atoms with Crippen molar-refractivity contribution in [3.05, 3.63) is 12.2 Å². The number of carboxylic acid groups (broad SMARTS) is 3. The van der Waals surface area contributed by atoms with Gasteiger partial charge in [0.25, 0.3) is 0 Å². The molecule has 0 radical (unpaired) electrons. The van der Waals surface area contributed by atoms with Gasteiger partial charge in [0, 0.05) is 0 Å². The van der Waals surface area contributed by atoms with Gasteiger partial charge in [-0.25, -0.2) is 0 Å². The zero-order valence-corrected chi connectivity index (χ0v) is 22.8. The Balaban J connectivity index is 1.64. The van der Waals surface area contributed by atoms with Gasteiger partial charge in [0.1, 0.15) is 0 Å². The maximum Gasteiger partial charge on any atom is 0.312 e. The summed E-state index contributed by atoms with van der Waals surface area (Å²) in [5, 5.41) is 42.7. The lowest BCUT2D eigenvalue weighted by molar-refractivity contribution is -0.257. The third kappa shape index (κ3) is 2.95. The van der Waals surface area contributed by atoms with Gasteiger partial charge in [-0.2, -0.15) is 0 Å². The van der Waals surface area contributed by atoms with Gasteiger partial charge in [0.05, 0.1) is 22.3 Å². The van der Waals surface area contributed by atoms with E-state index >= 15 is 0 Å². The summed E-state index contributed by atoms with van der Waals surface area (Å²) in [5.41, 5.74) is -3.24. The number of aliphatic carboxylic acids is 3. The molecule has 0 unspecified atom stereocenters. The monoisotopic (exact) mass is 516 g/mol. The van der Waals surface area contributed by atoms with Crippen molar-refractivity contribution in [2.45, 2.75) is 98.0 Å². The van der Waals surface area contributed by atoms with Crippen LogP contribution in [-0.4, -0.2) is 44.4 Å². The van der Waals surface area contributed by atoms with Crippen molar-refractivity contribution in [3.63, 3.8) is 0 Å². The van der Waals surface area contributed by atoms with Gasteiger partial charge >= 0.3 is 17.9 Å². The van der Waals surface area contributed by atoms with Crippen molar-refractivity contribution in [1.82, 2.24) is 0 Å². The number of aliphatic hydroxyl groups is 1. The lowest BCUT2D eigenvalue weighted by atomic mass is 9.31. The van der Waals surface area contributed by atoms with E-state index in [0.29, 0.717) is 51.4 Å². The first-order chi connectivity index (χ1) is 17.1. The zero-order chi connectivity index (χ0) is 27.3. The highest BCUT2D eigenvalue weighted by Crippen LogP contribution is 2.77. The summed E-state index contributed by atoms with van der Waals surface area (Å²) in [6.45, 7) is 12.1. The van der Waals surface area contributed by atoms with Crippen LogP contribution >= 0.6 is 0 Å². The smallest absolute Gasteiger partial charge is 0.312 e. The van der Waals surface area contributed by atoms with Gasteiger partial charge < -0.3 is 20.4 Å². The van der Waals surface area contributed by atoms with Crippen molar-refractivity contribution < 1.29 is 34.8 Å². The van der Waals surface area contributed by atoms with Crippen LogP contribution in [0.5, 0.6) is 0 Å². The number of carbonyl (C=O) groups is 3. The van der Waals surface area contributed by atoms with Gasteiger partial charge in [-0.15, -0.1) is 0 Å². The second-order valence-corrected chi connectivity index (χ2v) is 14.1. The molecule has 7 nitrogen and oxygen atoms in total. The first-order valence-electron chi connectivity index (χ1n) is 14.2. The Morgan fingerprint density at radius 1 is 0.757 bits per heavy atom. The molecule has 5 rings (SSSR count). The molecule has 4 N–H and O–H groups in total. The Hall–Kier alpha value is -1.89. The number of rotatable bonds is 4. The highest BCUT2D eigenvalue weighted by atomic mass is 16.4. The lowest BCUT2D eigenvalue weighted by Crippen LogP contribution is -2.70. The molecule has 5 aliphatic rings. The van der Waals surface area contributed by atoms with Crippen LogP contribution in [0.2, 0.25) is 0 Å². The summed E-state index contributed by atoms with van der Waals surface area (Å²) < 4.78 is 0. The molecule has 11 atom stereocenters. The Bertz CT molecular complexity index is 1050. The standard InChI is InChI=1S/C30H44O7/c1-16(2)17-8-13-29(24(34)35)14-15-30(25(36)37)18(22(17)29)6-7-19-26(3)11-10-21(31)28(5,23(32)33)20(26)9-12-27(19,30)4/h17-22,31H,1,6-15H2,2-5H3,(H,32,33)(H,34,35)(H,36,37)/t17-,18-,19+,20+,21-,22-,26-,27-,28-,29+,30-/m0/s1. The van der Waals surface area contributed by atoms with Gasteiger partial charge in [-0.3, -0.25) is 14.4 Å². The van der Waals surface area contributed by atoms with Gasteiger partial charge in [0.15, 0.2) is 0 Å². The molecule has 5 aliphatic carbocycles. The summed E-state index contributed by atoms with van der Waals surface area (Å²) in [6, 6.07) is 0. The second kappa shape index (κ2) is 8.06. The number of allylic oxidation sites excluding steroid dienone is 1. The molecule has 0 saturated heterocycles. The van der Waals surface area contributed by atoms with E-state index in [4.69, 9.17) is 0 Å². The first-order valence-corrected chi connectivity index (χ1v) is 14.2. The SMILES string of the molecule is C=C(C)[C@@H]1CC[C@@]2(C(=O)O)CC[C@@]3(C(=O)O)[C@@H](CC[C@@H]4[C@]5(C)CC[C@H](O)[C@@](C)(C(=O)O)[C@@H]5CC[C@@]43C)[C@H]12. The molecular formula is C30H44O7. The van der Waals surface area contributed by atoms with Crippen LogP contribution in [0.4, 0.5) is 0 Å². The molecule has 0 aromatic rings. The molecule has 0 heterocycles. The quantitative estimate of drug-likeness (QED) is 0.377. The molecule has 37 heavy (non-hydrogen) atoms. The third-order valence-corrected chi connectivity index (χ3v) is 13.4. The third-order valence-electron chi connectivity index (χ3n) is 13.4. The Morgan fingerprint density at radius 2 is 1.43 bits per heavy atom. The van der Waals surface area contributed by atoms with E-state index in [1.165, 1.54) is 0 Å². The van der Waals surface area contributed by atoms with E-state index in [1.54, 1.807) is 6.92 Å². The number of hydrogen-bond acceptors (Lipinski definition) is 4. The molecule has 0 aliphatic heterocycles. The van der Waals surface area contributed by atoms with Crippen molar-refractivity contribution in [3.8, 4) is 0 Å². The number of hydrogen-bond donors (Lipinski definition) is 4. The summed E-state index contributed by atoms with van der Waals surface area (Å²) in [6.07, 6.45) is 4.75. The van der Waals surface area contributed by atoms with E-state index in [-0.39, 0.29) is 29.6 Å². The Kier molecular flexibility index (Phi) is 5.82. The predicted octanol–water partition coefficient (Wildman–Crippen LogP) is 5.22. The highest BCUT2D eigenvalue weighted by molar-refractivity contribution is 5.81. The summed E-state index contributed by atoms with van der Waals surface area (Å²) in [4.78, 5) is 38.9. The zero-order valence-electron chi connectivity index (χ0n) is 22.8. The predicted molar refractivity (Wildman–Crippen MR) is 137 cm³/mol. The normalized spacial score (nSPS) is 52.7. The topological polar surface area (TPSA) is 132 Å². The average Bonchev–Trinajstić information content (AvgIpc) is 3.23. The second-order valence-electron chi connectivity index (χ2n) is 14.1. The van der Waals surface area contributed by atoms with Crippen LogP contribution in [0.15, 0.2) is 12.2 Å². The van der Waals surface area contributed by atoms with Crippen LogP contribution in [0, 0.1) is 56.7 Å². The number of fused-ring (bicyclic) bond motifs is 7. The fraction of sp³-hybridized carbons (Fsp3) is 0.833. The fourth-order valence-electron chi connectivity index (χ4n) is 11.6. The van der Waals surface area contributed by atoms with Crippen LogP contribution in [0.25, 0.3) is 0 Å². The van der Waals surface area contributed by atoms with E-state index in [9.17, 15) is 34.8 Å². The van der Waals surface area contributed by atoms with E-state index < -0.39 is 51.1 Å². The lowest BCUT2D eigenvalue weighted by Gasteiger charge is -2.71. The molecule has 0 aromatic heterocycles. The molecule has 5 saturated carbocycles. The largest absolute Gasteiger partial charge is 0.481 e.